The molecule has 0 aromatic heterocycles. The van der Waals surface area contributed by atoms with Crippen LogP contribution in [0.15, 0.2) is 12.1 Å². The first-order chi connectivity index (χ1) is 9.54. The maximum atomic E-state index is 13.3. The molecule has 0 unspecified atom stereocenters. The fourth-order valence-electron chi connectivity index (χ4n) is 1.43. The van der Waals surface area contributed by atoms with Crippen molar-refractivity contribution in [1.29, 1.82) is 0 Å². The summed E-state index contributed by atoms with van der Waals surface area (Å²) in [5, 5.41) is 11.5. The van der Waals surface area contributed by atoms with Crippen LogP contribution >= 0.6 is 11.8 Å². The zero-order valence-electron chi connectivity index (χ0n) is 10.7. The first kappa shape index (κ1) is 16.8. The van der Waals surface area contributed by atoms with Gasteiger partial charge < -0.3 is 20.9 Å². The Morgan fingerprint density at radius 1 is 1.35 bits per heavy atom. The van der Waals surface area contributed by atoms with E-state index in [9.17, 15) is 13.2 Å². The number of alkyl halides is 2. The molecule has 0 amide bonds. The Bertz CT molecular complexity index is 422. The van der Waals surface area contributed by atoms with Crippen LogP contribution in [0, 0.1) is 5.82 Å². The standard InChI is InChI=1S/C12H17F3N2O2S/c13-8-6-9(16)10(7-11(8)19-12(14)15)17-2-5-20-4-1-3-18/h6-7,12,17-18H,1-5,16H2. The summed E-state index contributed by atoms with van der Waals surface area (Å²) in [5.74, 6) is 0.119. The molecule has 1 rings (SSSR count). The first-order valence-electron chi connectivity index (χ1n) is 6.01. The van der Waals surface area contributed by atoms with Gasteiger partial charge in [0.15, 0.2) is 11.6 Å². The average molecular weight is 310 g/mol. The SMILES string of the molecule is Nc1cc(F)c(OC(F)F)cc1NCCSCCCO. The van der Waals surface area contributed by atoms with Gasteiger partial charge in [0.1, 0.15) is 0 Å². The van der Waals surface area contributed by atoms with E-state index in [1.54, 1.807) is 11.8 Å². The van der Waals surface area contributed by atoms with Crippen LogP contribution in [0.5, 0.6) is 5.75 Å². The van der Waals surface area contributed by atoms with E-state index in [2.05, 4.69) is 10.1 Å². The van der Waals surface area contributed by atoms with Gasteiger partial charge in [0, 0.05) is 31.0 Å². The molecule has 20 heavy (non-hydrogen) atoms. The number of halogens is 3. The molecule has 0 fully saturated rings. The molecule has 0 saturated carbocycles. The average Bonchev–Trinajstić information content (AvgIpc) is 2.38. The molecular formula is C12H17F3N2O2S. The van der Waals surface area contributed by atoms with Crippen LogP contribution < -0.4 is 15.8 Å². The van der Waals surface area contributed by atoms with E-state index < -0.39 is 18.2 Å². The van der Waals surface area contributed by atoms with Crippen molar-refractivity contribution in [3.8, 4) is 5.75 Å². The molecule has 0 spiro atoms. The van der Waals surface area contributed by atoms with Gasteiger partial charge in [-0.05, 0) is 12.2 Å². The number of nitrogens with two attached hydrogens (primary N) is 1. The normalized spacial score (nSPS) is 10.8. The van der Waals surface area contributed by atoms with Gasteiger partial charge in [0.2, 0.25) is 0 Å². The lowest BCUT2D eigenvalue weighted by molar-refractivity contribution is -0.0521. The van der Waals surface area contributed by atoms with Crippen molar-refractivity contribution in [2.24, 2.45) is 0 Å². The predicted octanol–water partition coefficient (Wildman–Crippen LogP) is 2.54. The quantitative estimate of drug-likeness (QED) is 0.483. The Balaban J connectivity index is 2.52. The van der Waals surface area contributed by atoms with Crippen LogP contribution in [-0.2, 0) is 0 Å². The van der Waals surface area contributed by atoms with Gasteiger partial charge in [-0.15, -0.1) is 0 Å². The van der Waals surface area contributed by atoms with Crippen molar-refractivity contribution in [1.82, 2.24) is 0 Å². The zero-order chi connectivity index (χ0) is 15.0. The molecule has 114 valence electrons. The predicted molar refractivity (Wildman–Crippen MR) is 75.0 cm³/mol. The van der Waals surface area contributed by atoms with Crippen LogP contribution in [0.25, 0.3) is 0 Å². The Hall–Kier alpha value is -1.28. The number of thioether (sulfide) groups is 1. The molecule has 1 aromatic rings. The Morgan fingerprint density at radius 2 is 2.10 bits per heavy atom. The summed E-state index contributed by atoms with van der Waals surface area (Å²) in [7, 11) is 0. The Morgan fingerprint density at radius 3 is 2.75 bits per heavy atom. The topological polar surface area (TPSA) is 67.5 Å². The van der Waals surface area contributed by atoms with E-state index in [0.717, 1.165) is 30.1 Å². The highest BCUT2D eigenvalue weighted by Gasteiger charge is 2.13. The van der Waals surface area contributed by atoms with Crippen molar-refractivity contribution in [3.05, 3.63) is 17.9 Å². The van der Waals surface area contributed by atoms with E-state index in [4.69, 9.17) is 10.8 Å². The minimum absolute atomic E-state index is 0.129. The first-order valence-corrected chi connectivity index (χ1v) is 7.16. The number of ether oxygens (including phenoxy) is 1. The lowest BCUT2D eigenvalue weighted by atomic mass is 10.2. The van der Waals surface area contributed by atoms with Gasteiger partial charge in [-0.1, -0.05) is 0 Å². The van der Waals surface area contributed by atoms with Crippen LogP contribution in [-0.4, -0.2) is 36.4 Å². The maximum absolute atomic E-state index is 13.3. The van der Waals surface area contributed by atoms with Crippen LogP contribution in [0.4, 0.5) is 24.5 Å². The van der Waals surface area contributed by atoms with E-state index in [1.807, 2.05) is 0 Å². The van der Waals surface area contributed by atoms with Crippen molar-refractivity contribution in [2.45, 2.75) is 13.0 Å². The Labute approximate surface area is 119 Å². The molecule has 4 nitrogen and oxygen atoms in total. The number of rotatable bonds is 9. The van der Waals surface area contributed by atoms with E-state index >= 15 is 0 Å². The van der Waals surface area contributed by atoms with Crippen molar-refractivity contribution in [2.75, 3.05) is 35.7 Å². The number of nitrogen functional groups attached to an aromatic ring is 1. The smallest absolute Gasteiger partial charge is 0.387 e. The van der Waals surface area contributed by atoms with E-state index in [-0.39, 0.29) is 12.3 Å². The molecule has 0 aliphatic carbocycles. The van der Waals surface area contributed by atoms with Crippen LogP contribution in [0.2, 0.25) is 0 Å². The lowest BCUT2D eigenvalue weighted by Gasteiger charge is -2.12. The van der Waals surface area contributed by atoms with Crippen molar-refractivity contribution < 1.29 is 23.0 Å². The fourth-order valence-corrected chi connectivity index (χ4v) is 2.22. The van der Waals surface area contributed by atoms with E-state index in [0.29, 0.717) is 12.2 Å². The summed E-state index contributed by atoms with van der Waals surface area (Å²) in [4.78, 5) is 0. The number of benzene rings is 1. The van der Waals surface area contributed by atoms with Gasteiger partial charge >= 0.3 is 6.61 Å². The fraction of sp³-hybridized carbons (Fsp3) is 0.500. The highest BCUT2D eigenvalue weighted by molar-refractivity contribution is 7.99. The molecule has 8 heteroatoms. The molecule has 4 N–H and O–H groups in total. The van der Waals surface area contributed by atoms with Gasteiger partial charge in [-0.25, -0.2) is 4.39 Å². The summed E-state index contributed by atoms with van der Waals surface area (Å²) in [6, 6.07) is 2.06. The molecule has 0 aliphatic rings. The van der Waals surface area contributed by atoms with Gasteiger partial charge in [0.25, 0.3) is 0 Å². The third-order valence-electron chi connectivity index (χ3n) is 2.33. The Kier molecular flexibility index (Phi) is 7.38. The molecule has 0 aliphatic heterocycles. The minimum Gasteiger partial charge on any atom is -0.432 e. The van der Waals surface area contributed by atoms with E-state index in [1.165, 1.54) is 0 Å². The molecular weight excluding hydrogens is 293 g/mol. The molecule has 0 heterocycles. The summed E-state index contributed by atoms with van der Waals surface area (Å²) >= 11 is 1.63. The van der Waals surface area contributed by atoms with Gasteiger partial charge in [0.05, 0.1) is 11.4 Å². The molecule has 0 radical (unpaired) electrons. The van der Waals surface area contributed by atoms with Crippen molar-refractivity contribution >= 4 is 23.1 Å². The largest absolute Gasteiger partial charge is 0.432 e. The van der Waals surface area contributed by atoms with Crippen molar-refractivity contribution in [3.63, 3.8) is 0 Å². The summed E-state index contributed by atoms with van der Waals surface area (Å²) < 4.78 is 41.6. The highest BCUT2D eigenvalue weighted by Crippen LogP contribution is 2.29. The number of hydrogen-bond donors (Lipinski definition) is 3. The van der Waals surface area contributed by atoms with Crippen LogP contribution in [0.3, 0.4) is 0 Å². The number of aliphatic hydroxyl groups excluding tert-OH is 1. The second-order valence-electron chi connectivity index (χ2n) is 3.86. The second-order valence-corrected chi connectivity index (χ2v) is 5.09. The molecule has 0 atom stereocenters. The minimum atomic E-state index is -3.09. The molecule has 0 bridgehead atoms. The summed E-state index contributed by atoms with van der Waals surface area (Å²) in [5.41, 5.74) is 6.08. The number of nitrogens with one attached hydrogen (secondary N) is 1. The van der Waals surface area contributed by atoms with Gasteiger partial charge in [-0.2, -0.15) is 20.5 Å². The third-order valence-corrected chi connectivity index (χ3v) is 3.40. The van der Waals surface area contributed by atoms with Crippen LogP contribution in [0.1, 0.15) is 6.42 Å². The summed E-state index contributed by atoms with van der Waals surface area (Å²) in [6.07, 6.45) is 0.718. The molecule has 1 aromatic carbocycles. The third kappa shape index (κ3) is 5.79. The molecule has 0 saturated heterocycles. The maximum Gasteiger partial charge on any atom is 0.387 e. The zero-order valence-corrected chi connectivity index (χ0v) is 11.6. The number of anilines is 2. The summed E-state index contributed by atoms with van der Waals surface area (Å²) in [6.45, 7) is -2.39. The lowest BCUT2D eigenvalue weighted by Crippen LogP contribution is -2.09. The number of hydrogen-bond acceptors (Lipinski definition) is 5. The monoisotopic (exact) mass is 310 g/mol. The second kappa shape index (κ2) is 8.80. The van der Waals surface area contributed by atoms with Gasteiger partial charge in [-0.3, -0.25) is 0 Å². The highest BCUT2D eigenvalue weighted by atomic mass is 32.2. The number of aliphatic hydroxyl groups is 1.